The first-order chi connectivity index (χ1) is 22.6. The van der Waals surface area contributed by atoms with E-state index in [-0.39, 0.29) is 28.9 Å². The van der Waals surface area contributed by atoms with E-state index in [1.165, 1.54) is 12.8 Å². The van der Waals surface area contributed by atoms with Crippen LogP contribution >= 0.6 is 31.9 Å². The number of fused-ring (bicyclic) bond motifs is 1. The van der Waals surface area contributed by atoms with Gasteiger partial charge in [0.2, 0.25) is 6.10 Å². The number of benzene rings is 2. The quantitative estimate of drug-likeness (QED) is 0.253. The molecule has 12 heteroatoms. The number of likely N-dealkylation sites (N-methyl/N-ethyl adjacent to an activating group) is 1. The Hall–Kier alpha value is -2.67. The molecule has 4 heterocycles. The van der Waals surface area contributed by atoms with Crippen molar-refractivity contribution in [2.24, 2.45) is 11.8 Å². The van der Waals surface area contributed by atoms with Gasteiger partial charge in [0.05, 0.1) is 25.8 Å². The van der Waals surface area contributed by atoms with E-state index in [9.17, 15) is 14.4 Å². The lowest BCUT2D eigenvalue weighted by molar-refractivity contribution is -0.843. The SMILES string of the molecule is C[N+]1(C(=O)[C@@H](Cc2cc(Br)c(N)c(Br)c2)OC(=O)N2CCC(N3CCc4ccccc4NC3=O)CC2)CCC(C2CCNCC2)CC1. The second-order valence-corrected chi connectivity index (χ2v) is 15.6. The van der Waals surface area contributed by atoms with Crippen molar-refractivity contribution in [3.8, 4) is 0 Å². The van der Waals surface area contributed by atoms with Crippen LogP contribution in [0.5, 0.6) is 0 Å². The van der Waals surface area contributed by atoms with Gasteiger partial charge in [-0.25, -0.2) is 14.4 Å². The normalized spacial score (nSPS) is 25.0. The van der Waals surface area contributed by atoms with Gasteiger partial charge in [0.25, 0.3) is 0 Å². The summed E-state index contributed by atoms with van der Waals surface area (Å²) >= 11 is 7.06. The molecule has 4 aliphatic heterocycles. The summed E-state index contributed by atoms with van der Waals surface area (Å²) in [6.45, 7) is 5.22. The number of nitrogens with one attached hydrogen (secondary N) is 2. The van der Waals surface area contributed by atoms with Crippen LogP contribution in [0.1, 0.15) is 49.7 Å². The molecule has 4 aliphatic rings. The Morgan fingerprint density at radius 2 is 1.62 bits per heavy atom. The van der Waals surface area contributed by atoms with E-state index in [1.807, 2.05) is 42.3 Å². The van der Waals surface area contributed by atoms with Crippen molar-refractivity contribution in [1.29, 1.82) is 0 Å². The summed E-state index contributed by atoms with van der Waals surface area (Å²) in [5, 5.41) is 6.52. The Morgan fingerprint density at radius 3 is 2.30 bits per heavy atom. The van der Waals surface area contributed by atoms with E-state index >= 15 is 0 Å². The Morgan fingerprint density at radius 1 is 0.979 bits per heavy atom. The number of carbonyl (C=O) groups is 3. The lowest BCUT2D eigenvalue weighted by Gasteiger charge is -2.42. The van der Waals surface area contributed by atoms with Gasteiger partial charge in [-0.05, 0) is 118 Å². The first kappa shape index (κ1) is 34.2. The number of nitrogen functional groups attached to an aromatic ring is 1. The number of carbonyl (C=O) groups excluding carboxylic acids is 3. The molecule has 254 valence electrons. The third-order valence-electron chi connectivity index (χ3n) is 11.0. The average Bonchev–Trinajstić information content (AvgIpc) is 3.25. The van der Waals surface area contributed by atoms with Crippen LogP contribution in [0.2, 0.25) is 0 Å². The zero-order valence-corrected chi connectivity index (χ0v) is 30.4. The second-order valence-electron chi connectivity index (χ2n) is 13.9. The number of quaternary nitrogens is 1. The molecule has 2 aromatic rings. The van der Waals surface area contributed by atoms with Crippen molar-refractivity contribution < 1.29 is 23.6 Å². The first-order valence-corrected chi connectivity index (χ1v) is 18.6. The highest BCUT2D eigenvalue weighted by atomic mass is 79.9. The van der Waals surface area contributed by atoms with Gasteiger partial charge in [-0.15, -0.1) is 0 Å². The fraction of sp³-hybridized carbons (Fsp3) is 0.571. The van der Waals surface area contributed by atoms with Crippen LogP contribution in [0.4, 0.5) is 21.0 Å². The van der Waals surface area contributed by atoms with Gasteiger partial charge in [0, 0.05) is 59.6 Å². The molecule has 4 amide bonds. The van der Waals surface area contributed by atoms with Crippen LogP contribution < -0.4 is 16.4 Å². The van der Waals surface area contributed by atoms with Crippen molar-refractivity contribution in [3.63, 3.8) is 0 Å². The van der Waals surface area contributed by atoms with Gasteiger partial charge in [0.1, 0.15) is 0 Å². The summed E-state index contributed by atoms with van der Waals surface area (Å²) in [7, 11) is 2.01. The minimum absolute atomic E-state index is 0.0287. The largest absolute Gasteiger partial charge is 0.431 e. The number of hydrogen-bond donors (Lipinski definition) is 3. The third-order valence-corrected chi connectivity index (χ3v) is 12.3. The maximum atomic E-state index is 14.4. The number of para-hydroxylation sites is 1. The molecule has 0 unspecified atom stereocenters. The molecule has 3 fully saturated rings. The van der Waals surface area contributed by atoms with E-state index in [0.29, 0.717) is 44.1 Å². The molecule has 3 saturated heterocycles. The van der Waals surface area contributed by atoms with Gasteiger partial charge < -0.3 is 30.9 Å². The highest BCUT2D eigenvalue weighted by molar-refractivity contribution is 9.11. The predicted octanol–water partition coefficient (Wildman–Crippen LogP) is 5.78. The molecule has 1 atom stereocenters. The highest BCUT2D eigenvalue weighted by Gasteiger charge is 2.45. The fourth-order valence-electron chi connectivity index (χ4n) is 7.96. The number of likely N-dealkylation sites (tertiary alicyclic amines) is 2. The predicted molar refractivity (Wildman–Crippen MR) is 190 cm³/mol. The summed E-state index contributed by atoms with van der Waals surface area (Å²) in [5.41, 5.74) is 9.58. The number of anilines is 2. The Kier molecular flexibility index (Phi) is 10.8. The molecule has 4 N–H and O–H groups in total. The number of rotatable bonds is 6. The number of amides is 4. The van der Waals surface area contributed by atoms with Crippen LogP contribution in [0, 0.1) is 11.8 Å². The van der Waals surface area contributed by atoms with E-state index < -0.39 is 12.2 Å². The Balaban J connectivity index is 1.11. The molecule has 0 aliphatic carbocycles. The van der Waals surface area contributed by atoms with E-state index in [0.717, 1.165) is 77.1 Å². The van der Waals surface area contributed by atoms with Gasteiger partial charge in [0.15, 0.2) is 0 Å². The van der Waals surface area contributed by atoms with E-state index in [2.05, 4.69) is 48.6 Å². The van der Waals surface area contributed by atoms with Gasteiger partial charge in [-0.1, -0.05) is 18.2 Å². The molecule has 6 rings (SSSR count). The maximum absolute atomic E-state index is 14.4. The van der Waals surface area contributed by atoms with Crippen molar-refractivity contribution >= 4 is 61.3 Å². The summed E-state index contributed by atoms with van der Waals surface area (Å²) < 4.78 is 7.87. The standard InChI is InChI=1S/C35H46Br2N6O4/c1-43(18-11-25(12-19-43)24-6-13-39-14-7-24)33(44)31(22-23-20-28(36)32(38)29(37)21-23)47-35(46)41-15-9-27(10-16-41)42-17-8-26-4-2-3-5-30(26)40-34(42)45/h2-5,20-21,24-25,27,31,39H,6-19,22,38H2,1H3/p+1/t25?,31-,43?/m1/s1. The van der Waals surface area contributed by atoms with Crippen LogP contribution in [0.3, 0.4) is 0 Å². The highest BCUT2D eigenvalue weighted by Crippen LogP contribution is 2.35. The molecular weight excluding hydrogens is 728 g/mol. The van der Waals surface area contributed by atoms with Crippen molar-refractivity contribution in [1.82, 2.24) is 15.1 Å². The number of hydrogen-bond acceptors (Lipinski definition) is 6. The molecule has 0 spiro atoms. The van der Waals surface area contributed by atoms with Crippen molar-refractivity contribution in [2.75, 3.05) is 63.9 Å². The van der Waals surface area contributed by atoms with Crippen molar-refractivity contribution in [3.05, 3.63) is 56.5 Å². The van der Waals surface area contributed by atoms with Crippen LogP contribution in [0.25, 0.3) is 0 Å². The van der Waals surface area contributed by atoms with E-state index in [1.54, 1.807) is 4.90 Å². The molecule has 0 aromatic heterocycles. The molecule has 10 nitrogen and oxygen atoms in total. The van der Waals surface area contributed by atoms with Crippen LogP contribution in [-0.2, 0) is 22.4 Å². The van der Waals surface area contributed by atoms with Crippen LogP contribution in [-0.4, -0.2) is 97.3 Å². The minimum atomic E-state index is -0.932. The lowest BCUT2D eigenvalue weighted by atomic mass is 9.78. The molecule has 0 saturated carbocycles. The van der Waals surface area contributed by atoms with Crippen LogP contribution in [0.15, 0.2) is 45.3 Å². The topological polar surface area (TPSA) is 117 Å². The summed E-state index contributed by atoms with van der Waals surface area (Å²) in [4.78, 5) is 44.7. The van der Waals surface area contributed by atoms with Crippen molar-refractivity contribution in [2.45, 2.75) is 63.5 Å². The molecule has 47 heavy (non-hydrogen) atoms. The zero-order chi connectivity index (χ0) is 33.1. The zero-order valence-electron chi connectivity index (χ0n) is 27.2. The summed E-state index contributed by atoms with van der Waals surface area (Å²) in [6.07, 6.45) is 5.38. The number of nitrogens with two attached hydrogens (primary N) is 1. The first-order valence-electron chi connectivity index (χ1n) is 17.1. The van der Waals surface area contributed by atoms with E-state index in [4.69, 9.17) is 10.5 Å². The minimum Gasteiger partial charge on any atom is -0.431 e. The summed E-state index contributed by atoms with van der Waals surface area (Å²) in [6, 6.07) is 11.6. The smallest absolute Gasteiger partial charge is 0.410 e. The third kappa shape index (κ3) is 7.81. The monoisotopic (exact) mass is 773 g/mol. The Bertz CT molecular complexity index is 1440. The van der Waals surface area contributed by atoms with Gasteiger partial charge in [-0.2, -0.15) is 0 Å². The molecule has 0 radical (unpaired) electrons. The fourth-order valence-corrected chi connectivity index (χ4v) is 9.24. The molecular formula is C35H47Br2N6O4+. The average molecular weight is 776 g/mol. The molecule has 2 aromatic carbocycles. The lowest BCUT2D eigenvalue weighted by Crippen LogP contribution is -2.59. The number of nitrogens with zero attached hydrogens (tertiary/aromatic N) is 3. The second kappa shape index (κ2) is 14.8. The number of piperidine rings is 3. The van der Waals surface area contributed by atoms with Gasteiger partial charge >= 0.3 is 18.0 Å². The summed E-state index contributed by atoms with van der Waals surface area (Å²) in [5.74, 6) is 1.31. The van der Waals surface area contributed by atoms with Gasteiger partial charge in [-0.3, -0.25) is 4.48 Å². The number of ether oxygens (including phenoxy) is 1. The molecule has 0 bridgehead atoms. The maximum Gasteiger partial charge on any atom is 0.410 e. The number of halogens is 2. The number of urea groups is 1. The Labute approximate surface area is 294 Å².